The number of aromatic nitrogens is 2. The summed E-state index contributed by atoms with van der Waals surface area (Å²) >= 11 is 5.15. The fourth-order valence-electron chi connectivity index (χ4n) is 1.61. The highest BCUT2D eigenvalue weighted by Gasteiger charge is 2.05. The van der Waals surface area contributed by atoms with E-state index in [0.29, 0.717) is 0 Å². The first-order valence-electron chi connectivity index (χ1n) is 6.04. The highest BCUT2D eigenvalue weighted by molar-refractivity contribution is 9.10. The summed E-state index contributed by atoms with van der Waals surface area (Å²) < 4.78 is 1.11. The molecule has 2 rings (SSSR count). The number of nitrogens with one attached hydrogen (secondary N) is 1. The van der Waals surface area contributed by atoms with E-state index in [-0.39, 0.29) is 0 Å². The summed E-state index contributed by atoms with van der Waals surface area (Å²) in [6.07, 6.45) is 1.83. The Bertz CT molecular complexity index is 481. The van der Waals surface area contributed by atoms with Gasteiger partial charge in [0.1, 0.15) is 10.0 Å². The second-order valence-corrected chi connectivity index (χ2v) is 6.06. The van der Waals surface area contributed by atoms with Crippen molar-refractivity contribution in [3.63, 3.8) is 0 Å². The van der Waals surface area contributed by atoms with Crippen molar-refractivity contribution in [3.8, 4) is 0 Å². The lowest BCUT2D eigenvalue weighted by atomic mass is 10.2. The molecule has 0 spiro atoms. The molecule has 5 heteroatoms. The van der Waals surface area contributed by atoms with E-state index < -0.39 is 0 Å². The van der Waals surface area contributed by atoms with Gasteiger partial charge in [-0.15, -0.1) is 21.5 Å². The van der Waals surface area contributed by atoms with E-state index in [9.17, 15) is 0 Å². The number of halogens is 1. The van der Waals surface area contributed by atoms with Gasteiger partial charge in [0, 0.05) is 23.9 Å². The minimum Gasteiger partial charge on any atom is -0.317 e. The van der Waals surface area contributed by atoms with Crippen LogP contribution in [0.1, 0.15) is 22.5 Å². The molecule has 0 aliphatic carbocycles. The van der Waals surface area contributed by atoms with Gasteiger partial charge in [-0.3, -0.25) is 0 Å². The highest BCUT2D eigenvalue weighted by atomic mass is 79.9. The first-order chi connectivity index (χ1) is 8.78. The lowest BCUT2D eigenvalue weighted by Crippen LogP contribution is -2.15. The van der Waals surface area contributed by atoms with E-state index in [1.807, 2.05) is 0 Å². The summed E-state index contributed by atoms with van der Waals surface area (Å²) in [6, 6.07) is 8.35. The Morgan fingerprint density at radius 3 is 2.61 bits per heavy atom. The van der Waals surface area contributed by atoms with Crippen molar-refractivity contribution in [3.05, 3.63) is 44.3 Å². The van der Waals surface area contributed by atoms with Crippen molar-refractivity contribution < 1.29 is 0 Å². The quantitative estimate of drug-likeness (QED) is 0.829. The molecule has 0 bridgehead atoms. The Morgan fingerprint density at radius 2 is 1.89 bits per heavy atom. The minimum atomic E-state index is 0.867. The summed E-state index contributed by atoms with van der Waals surface area (Å²) in [5.74, 6) is 0. The van der Waals surface area contributed by atoms with E-state index in [2.05, 4.69) is 62.6 Å². The van der Waals surface area contributed by atoms with Gasteiger partial charge < -0.3 is 5.32 Å². The van der Waals surface area contributed by atoms with Crippen LogP contribution in [0.5, 0.6) is 0 Å². The lowest BCUT2D eigenvalue weighted by molar-refractivity contribution is 0.710. The van der Waals surface area contributed by atoms with E-state index in [1.54, 1.807) is 11.3 Å². The van der Waals surface area contributed by atoms with Gasteiger partial charge in [0.15, 0.2) is 0 Å². The summed E-state index contributed by atoms with van der Waals surface area (Å²) in [5, 5.41) is 14.0. The van der Waals surface area contributed by atoms with Gasteiger partial charge in [-0.25, -0.2) is 0 Å². The maximum Gasteiger partial charge on any atom is 0.121 e. The maximum absolute atomic E-state index is 4.24. The molecular formula is C13H16BrN3S. The monoisotopic (exact) mass is 325 g/mol. The molecule has 1 N–H and O–H groups in total. The maximum atomic E-state index is 4.24. The Kier molecular flexibility index (Phi) is 5.28. The van der Waals surface area contributed by atoms with Crippen molar-refractivity contribution in [2.75, 3.05) is 13.1 Å². The standard InChI is InChI=1S/C13H16BrN3S/c1-2-15-8-7-12-16-17-13(18-12)9-10-3-5-11(14)6-4-10/h3-6,15H,2,7-9H2,1H3. The summed E-state index contributed by atoms with van der Waals surface area (Å²) in [7, 11) is 0. The Balaban J connectivity index is 1.91. The third kappa shape index (κ3) is 4.15. The zero-order valence-electron chi connectivity index (χ0n) is 10.3. The minimum absolute atomic E-state index is 0.867. The van der Waals surface area contributed by atoms with Crippen molar-refractivity contribution in [1.29, 1.82) is 0 Å². The fraction of sp³-hybridized carbons (Fsp3) is 0.385. The molecule has 0 fully saturated rings. The van der Waals surface area contributed by atoms with Crippen LogP contribution in [0, 0.1) is 0 Å². The van der Waals surface area contributed by atoms with Crippen LogP contribution in [0.15, 0.2) is 28.7 Å². The van der Waals surface area contributed by atoms with E-state index in [4.69, 9.17) is 0 Å². The van der Waals surface area contributed by atoms with Crippen LogP contribution in [0.2, 0.25) is 0 Å². The van der Waals surface area contributed by atoms with E-state index in [1.165, 1.54) is 5.56 Å². The second kappa shape index (κ2) is 6.97. The molecular weight excluding hydrogens is 310 g/mol. The van der Waals surface area contributed by atoms with Crippen molar-refractivity contribution in [2.24, 2.45) is 0 Å². The smallest absolute Gasteiger partial charge is 0.121 e. The van der Waals surface area contributed by atoms with Crippen LogP contribution < -0.4 is 5.32 Å². The van der Waals surface area contributed by atoms with Gasteiger partial charge in [0.25, 0.3) is 0 Å². The SMILES string of the molecule is CCNCCc1nnc(Cc2ccc(Br)cc2)s1. The molecule has 0 radical (unpaired) electrons. The third-order valence-corrected chi connectivity index (χ3v) is 4.05. The summed E-state index contributed by atoms with van der Waals surface area (Å²) in [6.45, 7) is 4.09. The van der Waals surface area contributed by atoms with Crippen molar-refractivity contribution >= 4 is 27.3 Å². The largest absolute Gasteiger partial charge is 0.317 e. The molecule has 0 unspecified atom stereocenters. The fourth-order valence-corrected chi connectivity index (χ4v) is 2.75. The lowest BCUT2D eigenvalue weighted by Gasteiger charge is -1.97. The Labute approximate surface area is 120 Å². The molecule has 2 aromatic rings. The number of likely N-dealkylation sites (N-methyl/N-ethyl adjacent to an activating group) is 1. The van der Waals surface area contributed by atoms with Crippen LogP contribution in [-0.2, 0) is 12.8 Å². The van der Waals surface area contributed by atoms with Gasteiger partial charge >= 0.3 is 0 Å². The van der Waals surface area contributed by atoms with Gasteiger partial charge in [-0.05, 0) is 24.2 Å². The molecule has 0 saturated carbocycles. The predicted octanol–water partition coefficient (Wildman–Crippen LogP) is 3.04. The molecule has 1 aromatic heterocycles. The average molecular weight is 326 g/mol. The van der Waals surface area contributed by atoms with Crippen LogP contribution in [-0.4, -0.2) is 23.3 Å². The Hall–Kier alpha value is -0.780. The topological polar surface area (TPSA) is 37.8 Å². The number of nitrogens with zero attached hydrogens (tertiary/aromatic N) is 2. The number of hydrogen-bond acceptors (Lipinski definition) is 4. The molecule has 18 heavy (non-hydrogen) atoms. The summed E-state index contributed by atoms with van der Waals surface area (Å²) in [4.78, 5) is 0. The zero-order valence-corrected chi connectivity index (χ0v) is 12.7. The molecule has 1 heterocycles. The molecule has 0 aliphatic rings. The average Bonchev–Trinajstić information content (AvgIpc) is 2.80. The van der Waals surface area contributed by atoms with Crippen LogP contribution >= 0.6 is 27.3 Å². The second-order valence-electron chi connectivity index (χ2n) is 4.00. The molecule has 96 valence electrons. The van der Waals surface area contributed by atoms with E-state index in [0.717, 1.165) is 40.4 Å². The van der Waals surface area contributed by atoms with Crippen molar-refractivity contribution in [2.45, 2.75) is 19.8 Å². The normalized spacial score (nSPS) is 10.8. The molecule has 1 aromatic carbocycles. The first kappa shape index (κ1) is 13.6. The van der Waals surface area contributed by atoms with Gasteiger partial charge in [-0.2, -0.15) is 0 Å². The summed E-state index contributed by atoms with van der Waals surface area (Å²) in [5.41, 5.74) is 1.27. The Morgan fingerprint density at radius 1 is 1.17 bits per heavy atom. The highest BCUT2D eigenvalue weighted by Crippen LogP contribution is 2.17. The van der Waals surface area contributed by atoms with Crippen LogP contribution in [0.25, 0.3) is 0 Å². The van der Waals surface area contributed by atoms with Crippen LogP contribution in [0.4, 0.5) is 0 Å². The molecule has 0 amide bonds. The zero-order chi connectivity index (χ0) is 12.8. The molecule has 3 nitrogen and oxygen atoms in total. The molecule has 0 saturated heterocycles. The van der Waals surface area contributed by atoms with Gasteiger partial charge in [-0.1, -0.05) is 35.0 Å². The first-order valence-corrected chi connectivity index (χ1v) is 7.65. The van der Waals surface area contributed by atoms with Crippen molar-refractivity contribution in [1.82, 2.24) is 15.5 Å². The number of hydrogen-bond donors (Lipinski definition) is 1. The molecule has 0 aliphatic heterocycles. The van der Waals surface area contributed by atoms with Gasteiger partial charge in [0.05, 0.1) is 0 Å². The molecule has 0 atom stereocenters. The van der Waals surface area contributed by atoms with Crippen LogP contribution in [0.3, 0.4) is 0 Å². The number of benzene rings is 1. The third-order valence-electron chi connectivity index (χ3n) is 2.54. The van der Waals surface area contributed by atoms with E-state index >= 15 is 0 Å². The van der Waals surface area contributed by atoms with Gasteiger partial charge in [0.2, 0.25) is 0 Å². The number of rotatable bonds is 6. The predicted molar refractivity (Wildman–Crippen MR) is 79.1 cm³/mol.